The van der Waals surface area contributed by atoms with E-state index in [9.17, 15) is 40.2 Å². The number of carbonyl (C=O) groups excluding carboxylic acids is 2. The minimum Gasteiger partial charge on any atom is -0.504 e. The lowest BCUT2D eigenvalue weighted by atomic mass is 9.82. The number of fused-ring (bicyclic) bond motifs is 2. The topological polar surface area (TPSA) is 156 Å². The molecular formula is C14H8O8. The molecule has 8 nitrogen and oxygen atoms in total. The van der Waals surface area contributed by atoms with Crippen molar-refractivity contribution in [2.75, 3.05) is 0 Å². The van der Waals surface area contributed by atoms with Crippen molar-refractivity contribution in [3.8, 4) is 34.5 Å². The maximum absolute atomic E-state index is 12.3. The molecule has 0 bridgehead atoms. The van der Waals surface area contributed by atoms with Crippen LogP contribution in [0.15, 0.2) is 12.1 Å². The monoisotopic (exact) mass is 304 g/mol. The number of rotatable bonds is 0. The zero-order valence-corrected chi connectivity index (χ0v) is 10.7. The molecule has 0 saturated heterocycles. The Kier molecular flexibility index (Phi) is 2.49. The summed E-state index contributed by atoms with van der Waals surface area (Å²) in [6.07, 6.45) is 0. The minimum absolute atomic E-state index is 0.453. The van der Waals surface area contributed by atoms with Crippen LogP contribution in [-0.4, -0.2) is 42.2 Å². The Morgan fingerprint density at radius 2 is 0.864 bits per heavy atom. The van der Waals surface area contributed by atoms with Crippen LogP contribution in [0.3, 0.4) is 0 Å². The molecule has 0 fully saturated rings. The number of ketones is 2. The van der Waals surface area contributed by atoms with Crippen LogP contribution in [-0.2, 0) is 0 Å². The van der Waals surface area contributed by atoms with E-state index in [1.807, 2.05) is 0 Å². The van der Waals surface area contributed by atoms with E-state index >= 15 is 0 Å². The van der Waals surface area contributed by atoms with Crippen molar-refractivity contribution in [1.82, 2.24) is 0 Å². The molecule has 0 atom stereocenters. The number of aromatic hydroxyl groups is 6. The van der Waals surface area contributed by atoms with Crippen LogP contribution < -0.4 is 0 Å². The Labute approximate surface area is 121 Å². The van der Waals surface area contributed by atoms with E-state index in [-0.39, 0.29) is 0 Å². The van der Waals surface area contributed by atoms with Gasteiger partial charge in [-0.15, -0.1) is 0 Å². The van der Waals surface area contributed by atoms with Gasteiger partial charge in [-0.25, -0.2) is 0 Å². The third-order valence-corrected chi connectivity index (χ3v) is 3.45. The van der Waals surface area contributed by atoms with Gasteiger partial charge in [-0.2, -0.15) is 0 Å². The molecule has 0 unspecified atom stereocenters. The maximum atomic E-state index is 12.3. The first-order chi connectivity index (χ1) is 10.3. The molecule has 0 radical (unpaired) electrons. The molecule has 0 amide bonds. The largest absolute Gasteiger partial charge is 0.504 e. The van der Waals surface area contributed by atoms with E-state index in [4.69, 9.17) is 0 Å². The molecule has 8 heteroatoms. The number of carbonyl (C=O) groups is 2. The lowest BCUT2D eigenvalue weighted by molar-refractivity contribution is 0.0972. The number of phenolic OH excluding ortho intramolecular Hbond substituents is 6. The molecule has 0 heterocycles. The predicted molar refractivity (Wildman–Crippen MR) is 69.7 cm³/mol. The first-order valence-corrected chi connectivity index (χ1v) is 5.90. The molecule has 0 spiro atoms. The molecule has 1 aliphatic rings. The summed E-state index contributed by atoms with van der Waals surface area (Å²) in [6.45, 7) is 0. The molecule has 6 N–H and O–H groups in total. The SMILES string of the molecule is O=C1c2cc(O)c(O)c(O)c2C(=O)c2cc(O)c(O)c(O)c21. The van der Waals surface area contributed by atoms with E-state index in [0.29, 0.717) is 0 Å². The molecule has 22 heavy (non-hydrogen) atoms. The smallest absolute Gasteiger partial charge is 0.201 e. The standard InChI is InChI=1S/C14H8O8/c15-5-1-3-7(13(21)11(5)19)10(18)4-2-6(16)12(20)14(22)8(4)9(3)17/h1-2,15-16,19-22H. The van der Waals surface area contributed by atoms with Gasteiger partial charge in [0.2, 0.25) is 11.5 Å². The summed E-state index contributed by atoms with van der Waals surface area (Å²) in [7, 11) is 0. The minimum atomic E-state index is -0.994. The second-order valence-electron chi connectivity index (χ2n) is 4.69. The summed E-state index contributed by atoms with van der Waals surface area (Å²) in [4.78, 5) is 24.7. The van der Waals surface area contributed by atoms with Crippen LogP contribution in [0.25, 0.3) is 0 Å². The third-order valence-electron chi connectivity index (χ3n) is 3.45. The fourth-order valence-corrected chi connectivity index (χ4v) is 2.38. The summed E-state index contributed by atoms with van der Waals surface area (Å²) in [5.74, 6) is -7.54. The van der Waals surface area contributed by atoms with Gasteiger partial charge in [0.1, 0.15) is 0 Å². The van der Waals surface area contributed by atoms with Crippen molar-refractivity contribution in [1.29, 1.82) is 0 Å². The first kappa shape index (κ1) is 13.6. The van der Waals surface area contributed by atoms with Crippen LogP contribution in [0.2, 0.25) is 0 Å². The van der Waals surface area contributed by atoms with E-state index in [2.05, 4.69) is 0 Å². The number of hydrogen-bond donors (Lipinski definition) is 6. The van der Waals surface area contributed by atoms with Crippen molar-refractivity contribution >= 4 is 11.6 Å². The molecule has 2 aromatic rings. The summed E-state index contributed by atoms with van der Waals surface area (Å²) in [5.41, 5.74) is -2.05. The lowest BCUT2D eigenvalue weighted by Crippen LogP contribution is -2.21. The summed E-state index contributed by atoms with van der Waals surface area (Å²) >= 11 is 0. The Hall–Kier alpha value is -3.42. The van der Waals surface area contributed by atoms with Gasteiger partial charge in [0.05, 0.1) is 11.1 Å². The summed E-state index contributed by atoms with van der Waals surface area (Å²) in [6, 6.07) is 1.52. The van der Waals surface area contributed by atoms with E-state index in [0.717, 1.165) is 12.1 Å². The third kappa shape index (κ3) is 1.46. The molecular weight excluding hydrogens is 296 g/mol. The van der Waals surface area contributed by atoms with Crippen LogP contribution in [0.4, 0.5) is 0 Å². The first-order valence-electron chi connectivity index (χ1n) is 5.90. The van der Waals surface area contributed by atoms with Gasteiger partial charge in [-0.3, -0.25) is 9.59 Å². The van der Waals surface area contributed by atoms with Gasteiger partial charge in [0.15, 0.2) is 34.6 Å². The molecule has 0 saturated carbocycles. The van der Waals surface area contributed by atoms with E-state index in [1.54, 1.807) is 0 Å². The highest BCUT2D eigenvalue weighted by molar-refractivity contribution is 6.31. The second-order valence-corrected chi connectivity index (χ2v) is 4.69. The highest BCUT2D eigenvalue weighted by Gasteiger charge is 2.38. The summed E-state index contributed by atoms with van der Waals surface area (Å²) < 4.78 is 0. The fourth-order valence-electron chi connectivity index (χ4n) is 2.38. The van der Waals surface area contributed by atoms with Gasteiger partial charge in [0.25, 0.3) is 0 Å². The second kappa shape index (κ2) is 4.04. The molecule has 2 aromatic carbocycles. The Morgan fingerprint density at radius 1 is 0.545 bits per heavy atom. The van der Waals surface area contributed by atoms with Crippen molar-refractivity contribution in [3.63, 3.8) is 0 Å². The number of benzene rings is 2. The van der Waals surface area contributed by atoms with Gasteiger partial charge in [-0.05, 0) is 12.1 Å². The zero-order valence-electron chi connectivity index (χ0n) is 10.7. The van der Waals surface area contributed by atoms with Gasteiger partial charge < -0.3 is 30.6 Å². The molecule has 0 aromatic heterocycles. The predicted octanol–water partition coefficient (Wildman–Crippen LogP) is 0.696. The highest BCUT2D eigenvalue weighted by atomic mass is 16.3. The van der Waals surface area contributed by atoms with Gasteiger partial charge in [0, 0.05) is 11.1 Å². The van der Waals surface area contributed by atoms with Crippen LogP contribution in [0.1, 0.15) is 31.8 Å². The van der Waals surface area contributed by atoms with E-state index in [1.165, 1.54) is 0 Å². The Balaban J connectivity index is 2.43. The van der Waals surface area contributed by atoms with Crippen LogP contribution in [0, 0.1) is 0 Å². The van der Waals surface area contributed by atoms with Crippen molar-refractivity contribution in [2.45, 2.75) is 0 Å². The van der Waals surface area contributed by atoms with Crippen molar-refractivity contribution in [3.05, 3.63) is 34.4 Å². The lowest BCUT2D eigenvalue weighted by Gasteiger charge is -2.20. The normalized spacial score (nSPS) is 12.9. The van der Waals surface area contributed by atoms with Crippen LogP contribution >= 0.6 is 0 Å². The van der Waals surface area contributed by atoms with Crippen molar-refractivity contribution in [2.24, 2.45) is 0 Å². The number of phenols is 6. The molecule has 112 valence electrons. The fraction of sp³-hybridized carbons (Fsp3) is 0. The molecule has 1 aliphatic carbocycles. The highest BCUT2D eigenvalue weighted by Crippen LogP contribution is 2.48. The zero-order chi connectivity index (χ0) is 16.3. The van der Waals surface area contributed by atoms with Crippen molar-refractivity contribution < 1.29 is 40.2 Å². The average Bonchev–Trinajstić information content (AvgIpc) is 2.47. The Bertz CT molecular complexity index is 808. The summed E-state index contributed by atoms with van der Waals surface area (Å²) in [5, 5.41) is 57.4. The van der Waals surface area contributed by atoms with Crippen LogP contribution in [0.5, 0.6) is 34.5 Å². The van der Waals surface area contributed by atoms with Gasteiger partial charge >= 0.3 is 0 Å². The Morgan fingerprint density at radius 3 is 1.18 bits per heavy atom. The maximum Gasteiger partial charge on any atom is 0.201 e. The average molecular weight is 304 g/mol. The molecule has 0 aliphatic heterocycles. The van der Waals surface area contributed by atoms with E-state index < -0.39 is 68.3 Å². The quantitative estimate of drug-likeness (QED) is 0.331. The number of hydrogen-bond acceptors (Lipinski definition) is 8. The van der Waals surface area contributed by atoms with Gasteiger partial charge in [-0.1, -0.05) is 0 Å². The molecule has 3 rings (SSSR count).